The van der Waals surface area contributed by atoms with Crippen LogP contribution in [0.5, 0.6) is 0 Å². The summed E-state index contributed by atoms with van der Waals surface area (Å²) >= 11 is 6.15. The van der Waals surface area contributed by atoms with E-state index in [0.717, 1.165) is 5.56 Å². The van der Waals surface area contributed by atoms with Crippen molar-refractivity contribution < 1.29 is 14.7 Å². The largest absolute Gasteiger partial charge is 0.481 e. The van der Waals surface area contributed by atoms with Crippen molar-refractivity contribution in [2.45, 2.75) is 38.9 Å². The van der Waals surface area contributed by atoms with E-state index in [1.54, 1.807) is 11.0 Å². The lowest BCUT2D eigenvalue weighted by atomic mass is 10.0. The van der Waals surface area contributed by atoms with E-state index in [9.17, 15) is 9.59 Å². The molecule has 0 bridgehead atoms. The summed E-state index contributed by atoms with van der Waals surface area (Å²) in [6, 6.07) is 6.93. The van der Waals surface area contributed by atoms with Crippen LogP contribution in [-0.4, -0.2) is 52.0 Å². The fraction of sp³-hybridized carbons (Fsp3) is 0.500. The number of carbonyl (C=O) groups excluding carboxylic acids is 1. The maximum Gasteiger partial charge on any atom is 0.305 e. The number of halogens is 1. The number of amides is 1. The molecule has 120 valence electrons. The molecule has 1 fully saturated rings. The third-order valence-electron chi connectivity index (χ3n) is 3.98. The lowest BCUT2D eigenvalue weighted by molar-refractivity contribution is -0.150. The first-order chi connectivity index (χ1) is 10.4. The molecule has 1 atom stereocenters. The first kappa shape index (κ1) is 16.8. The Morgan fingerprint density at radius 3 is 2.64 bits per heavy atom. The van der Waals surface area contributed by atoms with E-state index < -0.39 is 12.0 Å². The molecule has 2 rings (SSSR count). The molecular formula is C16H21ClN2O3. The van der Waals surface area contributed by atoms with Crippen LogP contribution in [-0.2, 0) is 16.1 Å². The number of carboxylic acids is 1. The van der Waals surface area contributed by atoms with Crippen LogP contribution in [0, 0.1) is 0 Å². The molecule has 1 unspecified atom stereocenters. The van der Waals surface area contributed by atoms with Gasteiger partial charge in [0.05, 0.1) is 6.42 Å². The fourth-order valence-electron chi connectivity index (χ4n) is 2.83. The van der Waals surface area contributed by atoms with Gasteiger partial charge in [0.2, 0.25) is 5.91 Å². The van der Waals surface area contributed by atoms with Crippen LogP contribution in [0.2, 0.25) is 5.02 Å². The van der Waals surface area contributed by atoms with Crippen molar-refractivity contribution in [3.63, 3.8) is 0 Å². The topological polar surface area (TPSA) is 60.9 Å². The predicted octanol–water partition coefficient (Wildman–Crippen LogP) is 2.24. The molecule has 5 nitrogen and oxygen atoms in total. The van der Waals surface area contributed by atoms with Crippen LogP contribution in [0.4, 0.5) is 0 Å². The number of hydrogen-bond acceptors (Lipinski definition) is 3. The molecule has 1 aromatic rings. The van der Waals surface area contributed by atoms with Gasteiger partial charge in [-0.3, -0.25) is 14.5 Å². The Kier molecular flexibility index (Phi) is 5.42. The zero-order valence-electron chi connectivity index (χ0n) is 12.8. The first-order valence-corrected chi connectivity index (χ1v) is 7.77. The first-order valence-electron chi connectivity index (χ1n) is 7.40. The zero-order valence-corrected chi connectivity index (χ0v) is 13.6. The van der Waals surface area contributed by atoms with Gasteiger partial charge in [0.15, 0.2) is 0 Å². The Hall–Kier alpha value is -1.59. The highest BCUT2D eigenvalue weighted by atomic mass is 35.5. The predicted molar refractivity (Wildman–Crippen MR) is 84.8 cm³/mol. The molecule has 0 radical (unpaired) electrons. The second-order valence-electron chi connectivity index (χ2n) is 5.80. The maximum absolute atomic E-state index is 12.7. The summed E-state index contributed by atoms with van der Waals surface area (Å²) in [5.74, 6) is -1.09. The molecule has 1 heterocycles. The van der Waals surface area contributed by atoms with Gasteiger partial charge in [-0.05, 0) is 25.5 Å². The second-order valence-corrected chi connectivity index (χ2v) is 6.20. The van der Waals surface area contributed by atoms with Gasteiger partial charge in [0.25, 0.3) is 0 Å². The molecule has 1 N–H and O–H groups in total. The number of rotatable bonds is 5. The van der Waals surface area contributed by atoms with Gasteiger partial charge in [-0.15, -0.1) is 0 Å². The lowest BCUT2D eigenvalue weighted by Crippen LogP contribution is -2.59. The normalized spacial score (nSPS) is 19.7. The molecule has 1 saturated heterocycles. The van der Waals surface area contributed by atoms with Crippen LogP contribution in [0.25, 0.3) is 0 Å². The zero-order chi connectivity index (χ0) is 16.3. The van der Waals surface area contributed by atoms with E-state index in [1.807, 2.05) is 36.9 Å². The summed E-state index contributed by atoms with van der Waals surface area (Å²) in [5, 5.41) is 9.71. The highest BCUT2D eigenvalue weighted by Crippen LogP contribution is 2.22. The van der Waals surface area contributed by atoms with Crippen molar-refractivity contribution in [3.05, 3.63) is 34.9 Å². The number of carbonyl (C=O) groups is 2. The molecule has 1 amide bonds. The Morgan fingerprint density at radius 2 is 2.05 bits per heavy atom. The quantitative estimate of drug-likeness (QED) is 0.902. The smallest absolute Gasteiger partial charge is 0.305 e. The molecule has 1 aromatic carbocycles. The van der Waals surface area contributed by atoms with Gasteiger partial charge in [-0.25, -0.2) is 0 Å². The van der Waals surface area contributed by atoms with E-state index in [2.05, 4.69) is 0 Å². The van der Waals surface area contributed by atoms with Crippen LogP contribution >= 0.6 is 11.6 Å². The van der Waals surface area contributed by atoms with E-state index in [0.29, 0.717) is 24.7 Å². The molecule has 0 aliphatic carbocycles. The highest BCUT2D eigenvalue weighted by Gasteiger charge is 2.37. The van der Waals surface area contributed by atoms with Crippen molar-refractivity contribution in [2.24, 2.45) is 0 Å². The molecule has 6 heteroatoms. The van der Waals surface area contributed by atoms with Crippen molar-refractivity contribution >= 4 is 23.5 Å². The summed E-state index contributed by atoms with van der Waals surface area (Å²) in [6.07, 6.45) is -0.171. The maximum atomic E-state index is 12.7. The third-order valence-corrected chi connectivity index (χ3v) is 4.34. The average Bonchev–Trinajstić information content (AvgIpc) is 2.44. The van der Waals surface area contributed by atoms with Gasteiger partial charge in [-0.2, -0.15) is 0 Å². The van der Waals surface area contributed by atoms with Gasteiger partial charge in [0, 0.05) is 30.7 Å². The third kappa shape index (κ3) is 3.78. The minimum Gasteiger partial charge on any atom is -0.481 e. The van der Waals surface area contributed by atoms with Crippen LogP contribution in [0.1, 0.15) is 25.8 Å². The Morgan fingerprint density at radius 1 is 1.36 bits per heavy atom. The second kappa shape index (κ2) is 7.11. The summed E-state index contributed by atoms with van der Waals surface area (Å²) in [5.41, 5.74) is 0.879. The van der Waals surface area contributed by atoms with Crippen LogP contribution < -0.4 is 0 Å². The minimum atomic E-state index is -0.955. The van der Waals surface area contributed by atoms with Gasteiger partial charge < -0.3 is 10.0 Å². The molecular weight excluding hydrogens is 304 g/mol. The number of piperazine rings is 1. The monoisotopic (exact) mass is 324 g/mol. The summed E-state index contributed by atoms with van der Waals surface area (Å²) in [7, 11) is 0. The Balaban J connectivity index is 2.16. The van der Waals surface area contributed by atoms with Gasteiger partial charge in [0.1, 0.15) is 6.04 Å². The average molecular weight is 325 g/mol. The number of carboxylic acid groups (broad SMARTS) is 1. The molecule has 0 saturated carbocycles. The number of nitrogens with zero attached hydrogens (tertiary/aromatic N) is 2. The van der Waals surface area contributed by atoms with E-state index in [4.69, 9.17) is 16.7 Å². The van der Waals surface area contributed by atoms with Crippen molar-refractivity contribution in [2.75, 3.05) is 13.1 Å². The van der Waals surface area contributed by atoms with Gasteiger partial charge in [-0.1, -0.05) is 29.8 Å². The standard InChI is InChI=1S/C16H21ClN2O3/c1-11(2)19-8-7-18(16(22)14(19)9-15(20)21)10-12-5-3-4-6-13(12)17/h3-6,11,14H,7-10H2,1-2H3,(H,20,21). The van der Waals surface area contributed by atoms with Crippen LogP contribution in [0.3, 0.4) is 0 Å². The molecule has 0 spiro atoms. The summed E-state index contributed by atoms with van der Waals surface area (Å²) < 4.78 is 0. The van der Waals surface area contributed by atoms with E-state index >= 15 is 0 Å². The lowest BCUT2D eigenvalue weighted by Gasteiger charge is -2.42. The van der Waals surface area contributed by atoms with E-state index in [-0.39, 0.29) is 18.4 Å². The summed E-state index contributed by atoms with van der Waals surface area (Å²) in [6.45, 7) is 5.63. The van der Waals surface area contributed by atoms with Crippen molar-refractivity contribution in [1.82, 2.24) is 9.80 Å². The molecule has 0 aromatic heterocycles. The highest BCUT2D eigenvalue weighted by molar-refractivity contribution is 6.31. The molecule has 1 aliphatic heterocycles. The number of aliphatic carboxylic acids is 1. The number of hydrogen-bond donors (Lipinski definition) is 1. The van der Waals surface area contributed by atoms with Crippen LogP contribution in [0.15, 0.2) is 24.3 Å². The van der Waals surface area contributed by atoms with Crippen molar-refractivity contribution in [3.8, 4) is 0 Å². The Labute approximate surface area is 135 Å². The molecule has 22 heavy (non-hydrogen) atoms. The minimum absolute atomic E-state index is 0.135. The SMILES string of the molecule is CC(C)N1CCN(Cc2ccccc2Cl)C(=O)C1CC(=O)O. The molecule has 1 aliphatic rings. The van der Waals surface area contributed by atoms with Gasteiger partial charge >= 0.3 is 5.97 Å². The Bertz CT molecular complexity index is 562. The van der Waals surface area contributed by atoms with E-state index in [1.165, 1.54) is 0 Å². The summed E-state index contributed by atoms with van der Waals surface area (Å²) in [4.78, 5) is 27.4. The number of benzene rings is 1. The fourth-order valence-corrected chi connectivity index (χ4v) is 3.03. The van der Waals surface area contributed by atoms with Crippen molar-refractivity contribution in [1.29, 1.82) is 0 Å².